The van der Waals surface area contributed by atoms with Crippen molar-refractivity contribution in [3.63, 3.8) is 0 Å². The van der Waals surface area contributed by atoms with Crippen molar-refractivity contribution in [3.8, 4) is 0 Å². The topological polar surface area (TPSA) is 34.1 Å². The average molecular weight is 184 g/mol. The fourth-order valence-electron chi connectivity index (χ4n) is 1.67. The van der Waals surface area contributed by atoms with Crippen LogP contribution in [0.3, 0.4) is 0 Å². The third-order valence-electron chi connectivity index (χ3n) is 2.34. The summed E-state index contributed by atoms with van der Waals surface area (Å²) >= 11 is 0. The van der Waals surface area contributed by atoms with Crippen molar-refractivity contribution < 1.29 is 9.59 Å². The summed E-state index contributed by atoms with van der Waals surface area (Å²) in [6.07, 6.45) is 5.55. The van der Waals surface area contributed by atoms with Crippen molar-refractivity contribution in [2.24, 2.45) is 11.8 Å². The molecule has 0 saturated heterocycles. The summed E-state index contributed by atoms with van der Waals surface area (Å²) in [7, 11) is 0.965. The summed E-state index contributed by atoms with van der Waals surface area (Å²) in [5.74, 6) is -0.0341. The van der Waals surface area contributed by atoms with Gasteiger partial charge in [-0.1, -0.05) is 13.2 Å². The number of Topliss-reactive ketones (excluding diaryl/α,β-unsaturated/α-hetero) is 2. The van der Waals surface area contributed by atoms with Crippen LogP contribution in [0.1, 0.15) is 19.8 Å². The van der Waals surface area contributed by atoms with Crippen LogP contribution in [-0.2, 0) is 9.59 Å². The Balaban J connectivity index is 2.68. The highest BCUT2D eigenvalue weighted by Crippen LogP contribution is 2.28. The molecule has 0 radical (unpaired) electrons. The summed E-state index contributed by atoms with van der Waals surface area (Å²) in [5, 5.41) is 0. The Morgan fingerprint density at radius 2 is 2.25 bits per heavy atom. The summed E-state index contributed by atoms with van der Waals surface area (Å²) in [6, 6.07) is 0. The third-order valence-corrected chi connectivity index (χ3v) is 3.04. The van der Waals surface area contributed by atoms with Crippen LogP contribution in [0.2, 0.25) is 0 Å². The van der Waals surface area contributed by atoms with Crippen LogP contribution in [0.25, 0.3) is 0 Å². The second-order valence-corrected chi connectivity index (χ2v) is 3.95. The zero-order valence-corrected chi connectivity index (χ0v) is 8.14. The molecule has 1 saturated carbocycles. The van der Waals surface area contributed by atoms with Crippen LogP contribution < -0.4 is 0 Å². The lowest BCUT2D eigenvalue weighted by atomic mass is 10.0. The maximum Gasteiger partial charge on any atom is 0.147 e. The van der Waals surface area contributed by atoms with E-state index in [1.807, 2.05) is 6.92 Å². The lowest BCUT2D eigenvalue weighted by Gasteiger charge is -2.03. The van der Waals surface area contributed by atoms with Crippen molar-refractivity contribution >= 4 is 26.1 Å². The van der Waals surface area contributed by atoms with Gasteiger partial charge in [0, 0.05) is 12.3 Å². The van der Waals surface area contributed by atoms with Gasteiger partial charge in [-0.25, -0.2) is 0 Å². The largest absolute Gasteiger partial charge is 0.299 e. The first-order valence-corrected chi connectivity index (χ1v) is 5.46. The molecule has 0 aromatic rings. The van der Waals surface area contributed by atoms with E-state index in [0.29, 0.717) is 12.8 Å². The van der Waals surface area contributed by atoms with E-state index in [1.54, 1.807) is 0 Å². The van der Waals surface area contributed by atoms with Crippen LogP contribution in [-0.4, -0.2) is 24.0 Å². The minimum Gasteiger partial charge on any atom is -0.299 e. The quantitative estimate of drug-likeness (QED) is 0.492. The van der Waals surface area contributed by atoms with E-state index >= 15 is 0 Å². The van der Waals surface area contributed by atoms with E-state index in [2.05, 4.69) is 6.30 Å². The molecule has 1 rings (SSSR count). The van der Waals surface area contributed by atoms with Crippen LogP contribution in [0, 0.1) is 11.8 Å². The highest BCUT2D eigenvalue weighted by molar-refractivity contribution is 7.36. The minimum absolute atomic E-state index is 0.0263. The number of carbonyl (C=O) groups excluding carboxylic acids is 2. The van der Waals surface area contributed by atoms with E-state index in [1.165, 1.54) is 0 Å². The van der Waals surface area contributed by atoms with Crippen molar-refractivity contribution in [1.82, 2.24) is 0 Å². The first-order chi connectivity index (χ1) is 5.70. The standard InChI is InChI=1S/C9H13O2P/c1-3-7-8(10)4-6(5-12-2)9(7)11/h6-7H,2-5H2,1H3. The molecule has 0 bridgehead atoms. The molecule has 0 aliphatic heterocycles. The molecule has 2 nitrogen and oxygen atoms in total. The Morgan fingerprint density at radius 1 is 1.58 bits per heavy atom. The van der Waals surface area contributed by atoms with E-state index in [4.69, 9.17) is 0 Å². The van der Waals surface area contributed by atoms with Crippen molar-refractivity contribution in [2.45, 2.75) is 19.8 Å². The third kappa shape index (κ3) is 1.64. The van der Waals surface area contributed by atoms with Gasteiger partial charge in [-0.3, -0.25) is 9.59 Å². The Hall–Kier alpha value is -0.490. The van der Waals surface area contributed by atoms with Gasteiger partial charge in [0.15, 0.2) is 0 Å². The van der Waals surface area contributed by atoms with Crippen LogP contribution in [0.4, 0.5) is 0 Å². The summed E-state index contributed by atoms with van der Waals surface area (Å²) in [6.45, 7) is 1.89. The molecule has 1 aliphatic rings. The Labute approximate surface area is 74.1 Å². The number of carbonyl (C=O) groups is 2. The zero-order chi connectivity index (χ0) is 9.14. The zero-order valence-electron chi connectivity index (χ0n) is 7.25. The molecule has 0 N–H and O–H groups in total. The van der Waals surface area contributed by atoms with Gasteiger partial charge in [0.1, 0.15) is 11.6 Å². The minimum atomic E-state index is -0.295. The van der Waals surface area contributed by atoms with Crippen LogP contribution in [0.15, 0.2) is 0 Å². The van der Waals surface area contributed by atoms with Gasteiger partial charge in [-0.2, -0.15) is 0 Å². The Morgan fingerprint density at radius 3 is 2.67 bits per heavy atom. The SMILES string of the molecule is C=PCC1CC(=O)C(CC)C1=O. The normalized spacial score (nSPS) is 30.1. The molecule has 66 valence electrons. The summed E-state index contributed by atoms with van der Waals surface area (Å²) < 4.78 is 0. The maximum atomic E-state index is 11.5. The number of hydrogen-bond acceptors (Lipinski definition) is 2. The van der Waals surface area contributed by atoms with Crippen molar-refractivity contribution in [1.29, 1.82) is 0 Å². The lowest BCUT2D eigenvalue weighted by Crippen LogP contribution is -2.16. The van der Waals surface area contributed by atoms with E-state index in [9.17, 15) is 9.59 Å². The Bertz CT molecular complexity index is 223. The highest BCUT2D eigenvalue weighted by atomic mass is 31.1. The Kier molecular flexibility index (Phi) is 3.16. The van der Waals surface area contributed by atoms with E-state index in [-0.39, 0.29) is 23.4 Å². The van der Waals surface area contributed by atoms with Gasteiger partial charge < -0.3 is 0 Å². The summed E-state index contributed by atoms with van der Waals surface area (Å²) in [4.78, 5) is 22.7. The molecule has 12 heavy (non-hydrogen) atoms. The monoisotopic (exact) mass is 184 g/mol. The second-order valence-electron chi connectivity index (χ2n) is 3.14. The second kappa shape index (κ2) is 3.95. The molecule has 0 aromatic carbocycles. The molecule has 1 aliphatic carbocycles. The van der Waals surface area contributed by atoms with Crippen LogP contribution >= 0.6 is 8.20 Å². The van der Waals surface area contributed by atoms with Gasteiger partial charge >= 0.3 is 0 Å². The molecule has 2 atom stereocenters. The first kappa shape index (κ1) is 9.60. The fourth-order valence-corrected chi connectivity index (χ4v) is 2.29. The number of rotatable bonds is 3. The van der Waals surface area contributed by atoms with Crippen molar-refractivity contribution in [2.75, 3.05) is 6.16 Å². The van der Waals surface area contributed by atoms with E-state index in [0.717, 1.165) is 14.4 Å². The lowest BCUT2D eigenvalue weighted by molar-refractivity contribution is -0.127. The van der Waals surface area contributed by atoms with Gasteiger partial charge in [0.25, 0.3) is 0 Å². The van der Waals surface area contributed by atoms with Gasteiger partial charge in [-0.05, 0) is 12.6 Å². The maximum absolute atomic E-state index is 11.5. The first-order valence-electron chi connectivity index (χ1n) is 4.19. The average Bonchev–Trinajstić information content (AvgIpc) is 2.29. The van der Waals surface area contributed by atoms with Gasteiger partial charge in [0.2, 0.25) is 0 Å². The predicted octanol–water partition coefficient (Wildman–Crippen LogP) is 1.55. The molecule has 1 fully saturated rings. The number of hydrogen-bond donors (Lipinski definition) is 0. The highest BCUT2D eigenvalue weighted by Gasteiger charge is 2.38. The molecule has 0 aromatic heterocycles. The fraction of sp³-hybridized carbons (Fsp3) is 0.667. The molecule has 3 heteroatoms. The van der Waals surface area contributed by atoms with E-state index < -0.39 is 0 Å². The molecule has 0 spiro atoms. The van der Waals surface area contributed by atoms with Crippen molar-refractivity contribution in [3.05, 3.63) is 0 Å². The van der Waals surface area contributed by atoms with Gasteiger partial charge in [0.05, 0.1) is 5.92 Å². The van der Waals surface area contributed by atoms with Gasteiger partial charge in [-0.15, -0.1) is 8.20 Å². The van der Waals surface area contributed by atoms with Crippen LogP contribution in [0.5, 0.6) is 0 Å². The molecular formula is C9H13O2P. The molecular weight excluding hydrogens is 171 g/mol. The molecule has 0 heterocycles. The summed E-state index contributed by atoms with van der Waals surface area (Å²) in [5.41, 5.74) is 0. The predicted molar refractivity (Wildman–Crippen MR) is 50.8 cm³/mol. The molecule has 0 amide bonds. The molecule has 2 unspecified atom stereocenters. The number of ketones is 2. The smallest absolute Gasteiger partial charge is 0.147 e.